The fourth-order valence-electron chi connectivity index (χ4n) is 2.24. The van der Waals surface area contributed by atoms with Crippen LogP contribution in [-0.4, -0.2) is 33.2 Å². The van der Waals surface area contributed by atoms with Gasteiger partial charge in [-0.25, -0.2) is 0 Å². The second kappa shape index (κ2) is 7.52. The molecule has 2 rings (SSSR count). The lowest BCUT2D eigenvalue weighted by atomic mass is 10.1. The number of aliphatic hydroxyl groups is 1. The highest BCUT2D eigenvalue weighted by molar-refractivity contribution is 7.71. The summed E-state index contributed by atoms with van der Waals surface area (Å²) in [5.41, 5.74) is 0.488. The summed E-state index contributed by atoms with van der Waals surface area (Å²) in [4.78, 5) is 27.4. The van der Waals surface area contributed by atoms with E-state index in [4.69, 9.17) is 17.3 Å². The first-order valence-corrected chi connectivity index (χ1v) is 7.97. The van der Waals surface area contributed by atoms with Crippen LogP contribution in [0.5, 0.6) is 0 Å². The molecule has 1 amide bonds. The Hall–Kier alpha value is -1.99. The van der Waals surface area contributed by atoms with Crippen LogP contribution in [-0.2, 0) is 11.3 Å². The van der Waals surface area contributed by atoms with Crippen molar-refractivity contribution in [3.05, 3.63) is 39.4 Å². The smallest absolute Gasteiger partial charge is 0.262 e. The predicted octanol–water partition coefficient (Wildman–Crippen LogP) is 1.58. The molecule has 3 N–H and O–H groups in total. The average molecular weight is 335 g/mol. The van der Waals surface area contributed by atoms with E-state index in [1.54, 1.807) is 18.2 Å². The minimum atomic E-state index is -0.200. The largest absolute Gasteiger partial charge is 0.396 e. The van der Waals surface area contributed by atoms with E-state index in [2.05, 4.69) is 10.3 Å². The Labute approximate surface area is 139 Å². The van der Waals surface area contributed by atoms with E-state index in [0.29, 0.717) is 15.7 Å². The van der Waals surface area contributed by atoms with Crippen molar-refractivity contribution in [2.24, 2.45) is 5.92 Å². The first-order chi connectivity index (χ1) is 10.9. The molecule has 0 saturated carbocycles. The molecule has 124 valence electrons. The fourth-order valence-corrected chi connectivity index (χ4v) is 2.53. The Kier molecular flexibility index (Phi) is 5.68. The summed E-state index contributed by atoms with van der Waals surface area (Å²) in [6.45, 7) is 3.92. The normalized spacial score (nSPS) is 13.7. The van der Waals surface area contributed by atoms with Gasteiger partial charge in [0, 0.05) is 25.6 Å². The number of hydrogen-bond donors (Lipinski definition) is 3. The average Bonchev–Trinajstić information content (AvgIpc) is 2.53. The number of hydrogen-bond acceptors (Lipinski definition) is 4. The van der Waals surface area contributed by atoms with Gasteiger partial charge in [0.1, 0.15) is 0 Å². The molecule has 0 bridgehead atoms. The van der Waals surface area contributed by atoms with Crippen LogP contribution in [0.25, 0.3) is 10.9 Å². The zero-order valence-corrected chi connectivity index (χ0v) is 14.0. The Bertz CT molecular complexity index is 812. The highest BCUT2D eigenvalue weighted by atomic mass is 32.1. The van der Waals surface area contributed by atoms with E-state index < -0.39 is 0 Å². The number of aromatic nitrogens is 2. The minimum absolute atomic E-state index is 0.0108. The topological polar surface area (TPSA) is 87.1 Å². The number of H-pyrrole nitrogens is 1. The first-order valence-electron chi connectivity index (χ1n) is 7.56. The van der Waals surface area contributed by atoms with Crippen molar-refractivity contribution in [2.45, 2.75) is 32.9 Å². The van der Waals surface area contributed by atoms with Gasteiger partial charge in [-0.2, -0.15) is 0 Å². The highest BCUT2D eigenvalue weighted by Crippen LogP contribution is 2.06. The van der Waals surface area contributed by atoms with Gasteiger partial charge >= 0.3 is 0 Å². The van der Waals surface area contributed by atoms with Crippen LogP contribution in [0.15, 0.2) is 29.1 Å². The summed E-state index contributed by atoms with van der Waals surface area (Å²) in [5, 5.41) is 12.4. The van der Waals surface area contributed by atoms with Gasteiger partial charge in [-0.1, -0.05) is 19.1 Å². The maximum atomic E-state index is 12.5. The zero-order valence-electron chi connectivity index (χ0n) is 13.2. The van der Waals surface area contributed by atoms with Gasteiger partial charge in [-0.3, -0.25) is 14.2 Å². The number of nitrogens with one attached hydrogen (secondary N) is 2. The number of aliphatic hydroxyl groups excluding tert-OH is 1. The van der Waals surface area contributed by atoms with Crippen LogP contribution in [0.4, 0.5) is 0 Å². The summed E-state index contributed by atoms with van der Waals surface area (Å²) < 4.78 is 1.70. The van der Waals surface area contributed by atoms with Crippen LogP contribution >= 0.6 is 12.2 Å². The molecule has 7 heteroatoms. The minimum Gasteiger partial charge on any atom is -0.396 e. The first kappa shape index (κ1) is 17.4. The Morgan fingerprint density at radius 3 is 2.78 bits per heavy atom. The lowest BCUT2D eigenvalue weighted by Crippen LogP contribution is -2.39. The third-order valence-electron chi connectivity index (χ3n) is 3.98. The molecule has 1 heterocycles. The summed E-state index contributed by atoms with van der Waals surface area (Å²) in [6, 6.07) is 7.01. The molecule has 0 aliphatic carbocycles. The van der Waals surface area contributed by atoms with E-state index in [9.17, 15) is 9.59 Å². The van der Waals surface area contributed by atoms with Gasteiger partial charge < -0.3 is 15.4 Å². The van der Waals surface area contributed by atoms with Gasteiger partial charge in [0.25, 0.3) is 5.56 Å². The lowest BCUT2D eigenvalue weighted by molar-refractivity contribution is -0.122. The standard InChI is InChI=1S/C16H21N3O3S/c1-10(9-20)11(2)17-14(21)7-8-19-15(22)12-5-3-4-6-13(12)18-16(19)23/h3-6,10-11,20H,7-9H2,1-2H3,(H,17,21)(H,18,23). The van der Waals surface area contributed by atoms with E-state index in [-0.39, 0.29) is 43.0 Å². The van der Waals surface area contributed by atoms with Crippen molar-refractivity contribution < 1.29 is 9.90 Å². The number of fused-ring (bicyclic) bond motifs is 1. The van der Waals surface area contributed by atoms with Crippen LogP contribution < -0.4 is 10.9 Å². The van der Waals surface area contributed by atoms with Gasteiger partial charge in [0.15, 0.2) is 4.77 Å². The number of benzene rings is 1. The molecule has 2 unspecified atom stereocenters. The summed E-state index contributed by atoms with van der Waals surface area (Å²) in [6.07, 6.45) is 0.151. The maximum absolute atomic E-state index is 12.5. The molecule has 2 aromatic rings. The molecule has 0 radical (unpaired) electrons. The molecule has 23 heavy (non-hydrogen) atoms. The van der Waals surface area contributed by atoms with Crippen molar-refractivity contribution in [3.63, 3.8) is 0 Å². The summed E-state index contributed by atoms with van der Waals surface area (Å²) >= 11 is 5.21. The Morgan fingerprint density at radius 1 is 1.39 bits per heavy atom. The molecule has 0 saturated heterocycles. The monoisotopic (exact) mass is 335 g/mol. The molecule has 6 nitrogen and oxygen atoms in total. The van der Waals surface area contributed by atoms with Crippen molar-refractivity contribution in [2.75, 3.05) is 6.61 Å². The van der Waals surface area contributed by atoms with Gasteiger partial charge in [-0.15, -0.1) is 0 Å². The lowest BCUT2D eigenvalue weighted by Gasteiger charge is -2.19. The zero-order chi connectivity index (χ0) is 17.0. The van der Waals surface area contributed by atoms with Gasteiger partial charge in [0.05, 0.1) is 10.9 Å². The molecule has 2 atom stereocenters. The fraction of sp³-hybridized carbons (Fsp3) is 0.438. The van der Waals surface area contributed by atoms with Crippen molar-refractivity contribution >= 4 is 29.0 Å². The van der Waals surface area contributed by atoms with Crippen LogP contribution in [0.2, 0.25) is 0 Å². The van der Waals surface area contributed by atoms with Crippen LogP contribution in [0.1, 0.15) is 20.3 Å². The maximum Gasteiger partial charge on any atom is 0.262 e. The SMILES string of the molecule is CC(CO)C(C)NC(=O)CCn1c(=S)[nH]c2ccccc2c1=O. The van der Waals surface area contributed by atoms with E-state index in [0.717, 1.165) is 0 Å². The van der Waals surface area contributed by atoms with Crippen LogP contribution in [0.3, 0.4) is 0 Å². The summed E-state index contributed by atoms with van der Waals surface area (Å²) in [5.74, 6) is -0.197. The molecule has 1 aromatic heterocycles. The number of aromatic amines is 1. The predicted molar refractivity (Wildman–Crippen MR) is 91.9 cm³/mol. The second-order valence-electron chi connectivity index (χ2n) is 5.70. The van der Waals surface area contributed by atoms with E-state index in [1.807, 2.05) is 19.9 Å². The molecule has 0 aliphatic heterocycles. The van der Waals surface area contributed by atoms with Crippen LogP contribution in [0, 0.1) is 10.7 Å². The Balaban J connectivity index is 2.12. The van der Waals surface area contributed by atoms with Crippen molar-refractivity contribution in [3.8, 4) is 0 Å². The van der Waals surface area contributed by atoms with E-state index in [1.165, 1.54) is 4.57 Å². The van der Waals surface area contributed by atoms with Gasteiger partial charge in [0.2, 0.25) is 5.91 Å². The van der Waals surface area contributed by atoms with E-state index >= 15 is 0 Å². The molecular formula is C16H21N3O3S. The number of rotatable bonds is 6. The van der Waals surface area contributed by atoms with Gasteiger partial charge in [-0.05, 0) is 37.2 Å². The quantitative estimate of drug-likeness (QED) is 0.700. The molecule has 0 fully saturated rings. The molecule has 0 spiro atoms. The number of carbonyl (C=O) groups is 1. The Morgan fingerprint density at radius 2 is 2.09 bits per heavy atom. The number of nitrogens with zero attached hydrogens (tertiary/aromatic N) is 1. The number of amides is 1. The molecule has 1 aromatic carbocycles. The molecular weight excluding hydrogens is 314 g/mol. The second-order valence-corrected chi connectivity index (χ2v) is 6.09. The van der Waals surface area contributed by atoms with Crippen molar-refractivity contribution in [1.82, 2.24) is 14.9 Å². The summed E-state index contributed by atoms with van der Waals surface area (Å²) in [7, 11) is 0. The highest BCUT2D eigenvalue weighted by Gasteiger charge is 2.14. The third-order valence-corrected chi connectivity index (χ3v) is 4.30. The van der Waals surface area contributed by atoms with Crippen molar-refractivity contribution in [1.29, 1.82) is 0 Å². The third kappa shape index (κ3) is 4.05. The number of carbonyl (C=O) groups excluding carboxylic acids is 1. The number of para-hydroxylation sites is 1. The molecule has 0 aliphatic rings.